The van der Waals surface area contributed by atoms with Gasteiger partial charge in [-0.15, -0.1) is 0 Å². The van der Waals surface area contributed by atoms with Crippen LogP contribution in [-0.2, 0) is 0 Å². The fraction of sp³-hybridized carbons (Fsp3) is 1.00. The highest BCUT2D eigenvalue weighted by Gasteiger charge is 2.22. The Morgan fingerprint density at radius 2 is 2.00 bits per heavy atom. The van der Waals surface area contributed by atoms with Gasteiger partial charge in [0, 0.05) is 18.6 Å². The van der Waals surface area contributed by atoms with Crippen LogP contribution in [0.15, 0.2) is 0 Å². The molecule has 2 N–H and O–H groups in total. The summed E-state index contributed by atoms with van der Waals surface area (Å²) in [5.41, 5.74) is 0. The molecule has 13 heavy (non-hydrogen) atoms. The fourth-order valence-corrected chi connectivity index (χ4v) is 2.12. The Labute approximate surface area is 81.1 Å². The normalized spacial score (nSPS) is 20.1. The lowest BCUT2D eigenvalue weighted by atomic mass is 10.0. The maximum atomic E-state index is 8.96. The summed E-state index contributed by atoms with van der Waals surface area (Å²) in [5.74, 6) is 0. The molecule has 0 bridgehead atoms. The fourth-order valence-electron chi connectivity index (χ4n) is 2.12. The summed E-state index contributed by atoms with van der Waals surface area (Å²) in [5, 5.41) is 12.3. The molecule has 1 rings (SSSR count). The van der Waals surface area contributed by atoms with E-state index in [1.165, 1.54) is 12.8 Å². The summed E-state index contributed by atoms with van der Waals surface area (Å²) < 4.78 is 0. The van der Waals surface area contributed by atoms with Gasteiger partial charge in [-0.3, -0.25) is 4.90 Å². The Balaban J connectivity index is 2.41. The second-order valence-corrected chi connectivity index (χ2v) is 4.04. The van der Waals surface area contributed by atoms with Gasteiger partial charge >= 0.3 is 0 Å². The van der Waals surface area contributed by atoms with E-state index in [0.717, 1.165) is 19.6 Å². The van der Waals surface area contributed by atoms with Crippen LogP contribution in [-0.4, -0.2) is 48.3 Å². The van der Waals surface area contributed by atoms with Crippen molar-refractivity contribution in [2.24, 2.45) is 0 Å². The van der Waals surface area contributed by atoms with E-state index in [-0.39, 0.29) is 6.61 Å². The van der Waals surface area contributed by atoms with E-state index in [0.29, 0.717) is 12.1 Å². The van der Waals surface area contributed by atoms with Gasteiger partial charge < -0.3 is 10.4 Å². The first kappa shape index (κ1) is 11.0. The van der Waals surface area contributed by atoms with Gasteiger partial charge in [0.1, 0.15) is 0 Å². The zero-order valence-electron chi connectivity index (χ0n) is 8.79. The zero-order chi connectivity index (χ0) is 9.68. The first-order chi connectivity index (χ1) is 6.25. The molecular formula is C10H22N2O. The Morgan fingerprint density at radius 3 is 2.46 bits per heavy atom. The van der Waals surface area contributed by atoms with Gasteiger partial charge in [-0.25, -0.2) is 0 Å². The van der Waals surface area contributed by atoms with Crippen molar-refractivity contribution < 1.29 is 5.11 Å². The van der Waals surface area contributed by atoms with E-state index in [1.807, 2.05) is 0 Å². The van der Waals surface area contributed by atoms with Crippen LogP contribution in [0.5, 0.6) is 0 Å². The van der Waals surface area contributed by atoms with Crippen molar-refractivity contribution in [3.8, 4) is 0 Å². The van der Waals surface area contributed by atoms with E-state index in [2.05, 4.69) is 24.1 Å². The molecular weight excluding hydrogens is 164 g/mol. The largest absolute Gasteiger partial charge is 0.395 e. The van der Waals surface area contributed by atoms with Crippen LogP contribution in [0.1, 0.15) is 26.7 Å². The van der Waals surface area contributed by atoms with Gasteiger partial charge in [-0.05, 0) is 39.8 Å². The summed E-state index contributed by atoms with van der Waals surface area (Å²) in [6, 6.07) is 1.23. The van der Waals surface area contributed by atoms with Crippen molar-refractivity contribution in [1.29, 1.82) is 0 Å². The van der Waals surface area contributed by atoms with E-state index >= 15 is 0 Å². The smallest absolute Gasteiger partial charge is 0.0558 e. The average Bonchev–Trinajstić information content (AvgIpc) is 2.15. The molecule has 1 heterocycles. The molecule has 0 saturated carbocycles. The van der Waals surface area contributed by atoms with E-state index in [1.54, 1.807) is 0 Å². The third kappa shape index (κ3) is 3.25. The zero-order valence-corrected chi connectivity index (χ0v) is 8.79. The highest BCUT2D eigenvalue weighted by Crippen LogP contribution is 2.14. The van der Waals surface area contributed by atoms with Crippen molar-refractivity contribution >= 4 is 0 Å². The first-order valence-electron chi connectivity index (χ1n) is 5.33. The minimum Gasteiger partial charge on any atom is -0.395 e. The summed E-state index contributed by atoms with van der Waals surface area (Å²) in [6.07, 6.45) is 2.44. The molecule has 1 fully saturated rings. The molecule has 0 atom stereocenters. The molecule has 1 aliphatic heterocycles. The molecule has 0 aromatic carbocycles. The van der Waals surface area contributed by atoms with Crippen molar-refractivity contribution in [2.75, 3.05) is 26.2 Å². The van der Waals surface area contributed by atoms with E-state index in [9.17, 15) is 0 Å². The third-order valence-electron chi connectivity index (χ3n) is 2.80. The summed E-state index contributed by atoms with van der Waals surface area (Å²) in [7, 11) is 0. The number of hydrogen-bond acceptors (Lipinski definition) is 3. The topological polar surface area (TPSA) is 35.5 Å². The summed E-state index contributed by atoms with van der Waals surface area (Å²) in [4.78, 5) is 2.42. The molecule has 0 aromatic heterocycles. The predicted octanol–water partition coefficient (Wildman–Crippen LogP) is 0.441. The predicted molar refractivity (Wildman–Crippen MR) is 54.8 cm³/mol. The quantitative estimate of drug-likeness (QED) is 0.669. The van der Waals surface area contributed by atoms with E-state index < -0.39 is 0 Å². The van der Waals surface area contributed by atoms with Crippen molar-refractivity contribution in [3.05, 3.63) is 0 Å². The van der Waals surface area contributed by atoms with Crippen LogP contribution in [0.2, 0.25) is 0 Å². The van der Waals surface area contributed by atoms with Crippen molar-refractivity contribution in [1.82, 2.24) is 10.2 Å². The van der Waals surface area contributed by atoms with Crippen LogP contribution in [0.3, 0.4) is 0 Å². The minimum atomic E-state index is 0.280. The Hall–Kier alpha value is -0.120. The Kier molecular flexibility index (Phi) is 4.70. The lowest BCUT2D eigenvalue weighted by Gasteiger charge is -2.37. The molecule has 1 saturated heterocycles. The van der Waals surface area contributed by atoms with Gasteiger partial charge in [0.15, 0.2) is 0 Å². The molecule has 3 heteroatoms. The standard InChI is InChI=1S/C10H22N2O/c1-9(2)12(7-8-13)10-3-5-11-6-4-10/h9-11,13H,3-8H2,1-2H3. The Morgan fingerprint density at radius 1 is 1.38 bits per heavy atom. The lowest BCUT2D eigenvalue weighted by molar-refractivity contribution is 0.0985. The number of hydrogen-bond donors (Lipinski definition) is 2. The second-order valence-electron chi connectivity index (χ2n) is 4.04. The summed E-state index contributed by atoms with van der Waals surface area (Å²) in [6.45, 7) is 7.76. The molecule has 0 spiro atoms. The molecule has 1 aliphatic rings. The molecule has 0 aliphatic carbocycles. The van der Waals surface area contributed by atoms with Gasteiger partial charge in [0.25, 0.3) is 0 Å². The monoisotopic (exact) mass is 186 g/mol. The maximum Gasteiger partial charge on any atom is 0.0558 e. The number of nitrogens with one attached hydrogen (secondary N) is 1. The minimum absolute atomic E-state index is 0.280. The van der Waals surface area contributed by atoms with E-state index in [4.69, 9.17) is 5.11 Å². The van der Waals surface area contributed by atoms with Crippen LogP contribution in [0.4, 0.5) is 0 Å². The van der Waals surface area contributed by atoms with Crippen molar-refractivity contribution in [3.63, 3.8) is 0 Å². The second kappa shape index (κ2) is 5.58. The average molecular weight is 186 g/mol. The molecule has 0 aromatic rings. The van der Waals surface area contributed by atoms with Gasteiger partial charge in [-0.2, -0.15) is 0 Å². The number of aliphatic hydroxyl groups is 1. The van der Waals surface area contributed by atoms with Crippen molar-refractivity contribution in [2.45, 2.75) is 38.8 Å². The van der Waals surface area contributed by atoms with Gasteiger partial charge in [0.05, 0.1) is 6.61 Å². The number of aliphatic hydroxyl groups excluding tert-OH is 1. The number of rotatable bonds is 4. The highest BCUT2D eigenvalue weighted by molar-refractivity contribution is 4.79. The SMILES string of the molecule is CC(C)N(CCO)C1CCNCC1. The van der Waals surface area contributed by atoms with Crippen LogP contribution in [0.25, 0.3) is 0 Å². The summed E-state index contributed by atoms with van der Waals surface area (Å²) >= 11 is 0. The Bertz CT molecular complexity index is 133. The van der Waals surface area contributed by atoms with Gasteiger partial charge in [-0.1, -0.05) is 0 Å². The molecule has 78 valence electrons. The molecule has 0 unspecified atom stereocenters. The highest BCUT2D eigenvalue weighted by atomic mass is 16.3. The first-order valence-corrected chi connectivity index (χ1v) is 5.33. The van der Waals surface area contributed by atoms with Crippen LogP contribution in [0, 0.1) is 0 Å². The number of nitrogens with zero attached hydrogens (tertiary/aromatic N) is 1. The number of piperidine rings is 1. The molecule has 0 amide bonds. The van der Waals surface area contributed by atoms with Gasteiger partial charge in [0.2, 0.25) is 0 Å². The lowest BCUT2D eigenvalue weighted by Crippen LogP contribution is -2.47. The molecule has 3 nitrogen and oxygen atoms in total. The third-order valence-corrected chi connectivity index (χ3v) is 2.80. The van der Waals surface area contributed by atoms with Crippen LogP contribution < -0.4 is 5.32 Å². The maximum absolute atomic E-state index is 8.96. The van der Waals surface area contributed by atoms with Crippen LogP contribution >= 0.6 is 0 Å². The molecule has 0 radical (unpaired) electrons.